The van der Waals surface area contributed by atoms with Gasteiger partial charge in [0.25, 0.3) is 5.56 Å². The van der Waals surface area contributed by atoms with Gasteiger partial charge in [-0.3, -0.25) is 4.79 Å². The van der Waals surface area contributed by atoms with Crippen molar-refractivity contribution in [1.29, 1.82) is 0 Å². The van der Waals surface area contributed by atoms with Crippen molar-refractivity contribution in [3.63, 3.8) is 0 Å². The standard InChI is InChI=1S/C18H24N2O2/c1-5-19-12-15-8-11-17(20(4)18(15)21)14-6-9-16(10-7-14)22-13(2)3/h6-11,13,19H,5,12H2,1-4H3. The number of benzene rings is 1. The zero-order chi connectivity index (χ0) is 16.1. The first kappa shape index (κ1) is 16.3. The van der Waals surface area contributed by atoms with Crippen LogP contribution in [-0.4, -0.2) is 17.2 Å². The summed E-state index contributed by atoms with van der Waals surface area (Å²) in [6.45, 7) is 7.48. The van der Waals surface area contributed by atoms with E-state index in [1.807, 2.05) is 64.2 Å². The van der Waals surface area contributed by atoms with E-state index in [-0.39, 0.29) is 11.7 Å². The average molecular weight is 300 g/mol. The van der Waals surface area contributed by atoms with E-state index in [2.05, 4.69) is 5.32 Å². The van der Waals surface area contributed by atoms with E-state index in [0.717, 1.165) is 29.1 Å². The molecule has 0 amide bonds. The van der Waals surface area contributed by atoms with Crippen LogP contribution in [0.1, 0.15) is 26.3 Å². The topological polar surface area (TPSA) is 43.3 Å². The lowest BCUT2D eigenvalue weighted by atomic mass is 10.1. The molecule has 0 saturated heterocycles. The van der Waals surface area contributed by atoms with E-state index in [9.17, 15) is 4.79 Å². The summed E-state index contributed by atoms with van der Waals surface area (Å²) >= 11 is 0. The Morgan fingerprint density at radius 1 is 1.14 bits per heavy atom. The van der Waals surface area contributed by atoms with Crippen LogP contribution in [0.25, 0.3) is 11.3 Å². The molecule has 0 saturated carbocycles. The van der Waals surface area contributed by atoms with Gasteiger partial charge in [0.1, 0.15) is 5.75 Å². The first-order chi connectivity index (χ1) is 10.5. The first-order valence-electron chi connectivity index (χ1n) is 7.69. The Balaban J connectivity index is 2.29. The van der Waals surface area contributed by atoms with Crippen molar-refractivity contribution in [2.75, 3.05) is 6.54 Å². The van der Waals surface area contributed by atoms with Gasteiger partial charge in [0.2, 0.25) is 0 Å². The number of ether oxygens (including phenoxy) is 1. The fourth-order valence-corrected chi connectivity index (χ4v) is 2.35. The summed E-state index contributed by atoms with van der Waals surface area (Å²) in [5.74, 6) is 0.840. The smallest absolute Gasteiger partial charge is 0.255 e. The van der Waals surface area contributed by atoms with Gasteiger partial charge in [-0.25, -0.2) is 0 Å². The van der Waals surface area contributed by atoms with Gasteiger partial charge in [-0.2, -0.15) is 0 Å². The highest BCUT2D eigenvalue weighted by atomic mass is 16.5. The SMILES string of the molecule is CCNCc1ccc(-c2ccc(OC(C)C)cc2)n(C)c1=O. The maximum absolute atomic E-state index is 12.4. The van der Waals surface area contributed by atoms with Gasteiger partial charge in [0.15, 0.2) is 0 Å². The molecular formula is C18H24N2O2. The molecular weight excluding hydrogens is 276 g/mol. The summed E-state index contributed by atoms with van der Waals surface area (Å²) in [7, 11) is 1.81. The Morgan fingerprint density at radius 2 is 1.82 bits per heavy atom. The van der Waals surface area contributed by atoms with Gasteiger partial charge >= 0.3 is 0 Å². The van der Waals surface area contributed by atoms with Crippen LogP contribution >= 0.6 is 0 Å². The molecule has 22 heavy (non-hydrogen) atoms. The second-order valence-electron chi connectivity index (χ2n) is 5.58. The van der Waals surface area contributed by atoms with Gasteiger partial charge < -0.3 is 14.6 Å². The summed E-state index contributed by atoms with van der Waals surface area (Å²) in [6.07, 6.45) is 0.153. The molecule has 1 aromatic carbocycles. The van der Waals surface area contributed by atoms with Crippen LogP contribution in [0.3, 0.4) is 0 Å². The summed E-state index contributed by atoms with van der Waals surface area (Å²) in [5.41, 5.74) is 2.74. The van der Waals surface area contributed by atoms with Gasteiger partial charge in [-0.15, -0.1) is 0 Å². The minimum atomic E-state index is 0.0426. The zero-order valence-corrected chi connectivity index (χ0v) is 13.7. The van der Waals surface area contributed by atoms with Crippen LogP contribution in [0, 0.1) is 0 Å². The Labute approximate surface area is 131 Å². The van der Waals surface area contributed by atoms with Gasteiger partial charge in [0, 0.05) is 19.2 Å². The number of nitrogens with one attached hydrogen (secondary N) is 1. The van der Waals surface area contributed by atoms with Crippen molar-refractivity contribution in [3.05, 3.63) is 52.3 Å². The number of hydrogen-bond donors (Lipinski definition) is 1. The maximum atomic E-state index is 12.4. The number of pyridine rings is 1. The largest absolute Gasteiger partial charge is 0.491 e. The Kier molecular flexibility index (Phi) is 5.39. The highest BCUT2D eigenvalue weighted by molar-refractivity contribution is 5.60. The van der Waals surface area contributed by atoms with Gasteiger partial charge in [0.05, 0.1) is 11.8 Å². The Morgan fingerprint density at radius 3 is 2.41 bits per heavy atom. The summed E-state index contributed by atoms with van der Waals surface area (Å²) in [4.78, 5) is 12.4. The molecule has 1 N–H and O–H groups in total. The van der Waals surface area contributed by atoms with Crippen molar-refractivity contribution in [2.45, 2.75) is 33.4 Å². The molecule has 0 radical (unpaired) electrons. The predicted molar refractivity (Wildman–Crippen MR) is 90.3 cm³/mol. The van der Waals surface area contributed by atoms with Gasteiger partial charge in [-0.05, 0) is 56.3 Å². The highest BCUT2D eigenvalue weighted by Gasteiger charge is 2.08. The zero-order valence-electron chi connectivity index (χ0n) is 13.7. The molecule has 2 rings (SSSR count). The lowest BCUT2D eigenvalue weighted by Gasteiger charge is -2.13. The summed E-state index contributed by atoms with van der Waals surface area (Å²) < 4.78 is 7.35. The highest BCUT2D eigenvalue weighted by Crippen LogP contribution is 2.22. The molecule has 4 nitrogen and oxygen atoms in total. The van der Waals surface area contributed by atoms with Crippen molar-refractivity contribution in [3.8, 4) is 17.0 Å². The van der Waals surface area contributed by atoms with Crippen molar-refractivity contribution >= 4 is 0 Å². The van der Waals surface area contributed by atoms with E-state index in [4.69, 9.17) is 4.74 Å². The van der Waals surface area contributed by atoms with E-state index >= 15 is 0 Å². The van der Waals surface area contributed by atoms with E-state index in [1.54, 1.807) is 4.57 Å². The lowest BCUT2D eigenvalue weighted by molar-refractivity contribution is 0.242. The molecule has 0 atom stereocenters. The van der Waals surface area contributed by atoms with Crippen LogP contribution in [0.4, 0.5) is 0 Å². The predicted octanol–water partition coefficient (Wildman–Crippen LogP) is 2.95. The molecule has 0 aliphatic rings. The van der Waals surface area contributed by atoms with E-state index < -0.39 is 0 Å². The first-order valence-corrected chi connectivity index (χ1v) is 7.69. The van der Waals surface area contributed by atoms with Crippen LogP contribution < -0.4 is 15.6 Å². The normalized spacial score (nSPS) is 11.0. The Bertz CT molecular complexity index is 672. The third-order valence-corrected chi connectivity index (χ3v) is 3.47. The fourth-order valence-electron chi connectivity index (χ4n) is 2.35. The van der Waals surface area contributed by atoms with Crippen molar-refractivity contribution < 1.29 is 4.74 Å². The number of hydrogen-bond acceptors (Lipinski definition) is 3. The molecule has 0 unspecified atom stereocenters. The molecule has 2 aromatic rings. The average Bonchev–Trinajstić information content (AvgIpc) is 2.49. The second kappa shape index (κ2) is 7.27. The van der Waals surface area contributed by atoms with Gasteiger partial charge in [-0.1, -0.05) is 13.0 Å². The van der Waals surface area contributed by atoms with Crippen LogP contribution in [0.5, 0.6) is 5.75 Å². The molecule has 0 bridgehead atoms. The summed E-state index contributed by atoms with van der Waals surface area (Å²) in [5, 5.41) is 3.19. The van der Waals surface area contributed by atoms with Crippen molar-refractivity contribution in [1.82, 2.24) is 9.88 Å². The Hall–Kier alpha value is -2.07. The molecule has 0 aliphatic heterocycles. The third kappa shape index (κ3) is 3.77. The quantitative estimate of drug-likeness (QED) is 0.892. The monoisotopic (exact) mass is 300 g/mol. The number of rotatable bonds is 6. The third-order valence-electron chi connectivity index (χ3n) is 3.47. The molecule has 0 fully saturated rings. The van der Waals surface area contributed by atoms with Crippen LogP contribution in [-0.2, 0) is 13.6 Å². The van der Waals surface area contributed by atoms with E-state index in [1.165, 1.54) is 0 Å². The van der Waals surface area contributed by atoms with Crippen LogP contribution in [0.15, 0.2) is 41.2 Å². The second-order valence-corrected chi connectivity index (χ2v) is 5.58. The molecule has 1 heterocycles. The molecule has 118 valence electrons. The molecule has 1 aromatic heterocycles. The number of aromatic nitrogens is 1. The number of nitrogens with zero attached hydrogens (tertiary/aromatic N) is 1. The minimum absolute atomic E-state index is 0.0426. The summed E-state index contributed by atoms with van der Waals surface area (Å²) in [6, 6.07) is 11.7. The molecule has 0 spiro atoms. The molecule has 0 aliphatic carbocycles. The lowest BCUT2D eigenvalue weighted by Crippen LogP contribution is -2.26. The fraction of sp³-hybridized carbons (Fsp3) is 0.389. The van der Waals surface area contributed by atoms with Crippen molar-refractivity contribution in [2.24, 2.45) is 7.05 Å². The van der Waals surface area contributed by atoms with E-state index in [0.29, 0.717) is 6.54 Å². The molecule has 4 heteroatoms. The van der Waals surface area contributed by atoms with Crippen LogP contribution in [0.2, 0.25) is 0 Å². The minimum Gasteiger partial charge on any atom is -0.491 e. The maximum Gasteiger partial charge on any atom is 0.255 e.